The normalized spacial score (nSPS) is 16.6. The van der Waals surface area contributed by atoms with Crippen LogP contribution in [-0.2, 0) is 0 Å². The third-order valence-corrected chi connectivity index (χ3v) is 5.10. The Bertz CT molecular complexity index is 829. The van der Waals surface area contributed by atoms with E-state index < -0.39 is 5.82 Å². The Morgan fingerprint density at radius 2 is 1.97 bits per heavy atom. The molecule has 1 saturated heterocycles. The number of piperazine rings is 1. The average molecular weight is 401 g/mol. The van der Waals surface area contributed by atoms with Gasteiger partial charge in [-0.3, -0.25) is 4.79 Å². The number of nitrogens with two attached hydrogens (primary N) is 1. The summed E-state index contributed by atoms with van der Waals surface area (Å²) >= 11 is 0. The van der Waals surface area contributed by atoms with E-state index >= 15 is 0 Å². The minimum atomic E-state index is -0.455. The molecule has 3 rings (SSSR count). The molecule has 0 spiro atoms. The van der Waals surface area contributed by atoms with Crippen molar-refractivity contribution in [3.05, 3.63) is 53.8 Å². The number of ether oxygens (including phenoxy) is 2. The predicted molar refractivity (Wildman–Crippen MR) is 111 cm³/mol. The van der Waals surface area contributed by atoms with Crippen molar-refractivity contribution >= 4 is 11.6 Å². The van der Waals surface area contributed by atoms with Crippen LogP contribution < -0.4 is 20.1 Å². The quantitative estimate of drug-likeness (QED) is 0.723. The van der Waals surface area contributed by atoms with Gasteiger partial charge in [0.15, 0.2) is 0 Å². The van der Waals surface area contributed by atoms with Crippen LogP contribution >= 0.6 is 0 Å². The van der Waals surface area contributed by atoms with Crippen LogP contribution in [0.15, 0.2) is 42.5 Å². The third-order valence-electron chi connectivity index (χ3n) is 5.10. The molecular formula is C22H28FN3O3. The van der Waals surface area contributed by atoms with Crippen molar-refractivity contribution in [3.63, 3.8) is 0 Å². The lowest BCUT2D eigenvalue weighted by atomic mass is 10.1. The molecule has 156 valence electrons. The topological polar surface area (TPSA) is 68.0 Å². The Balaban J connectivity index is 1.71. The highest BCUT2D eigenvalue weighted by Gasteiger charge is 2.30. The molecule has 0 aromatic heterocycles. The number of carbonyl (C=O) groups is 1. The summed E-state index contributed by atoms with van der Waals surface area (Å²) < 4.78 is 24.7. The molecule has 1 heterocycles. The second-order valence-corrected chi connectivity index (χ2v) is 7.12. The maximum absolute atomic E-state index is 13.8. The molecule has 29 heavy (non-hydrogen) atoms. The van der Waals surface area contributed by atoms with Gasteiger partial charge in [-0.25, -0.2) is 4.39 Å². The lowest BCUT2D eigenvalue weighted by Crippen LogP contribution is -2.54. The fraction of sp³-hybridized carbons (Fsp3) is 0.409. The minimum absolute atomic E-state index is 0.0292. The van der Waals surface area contributed by atoms with Crippen LogP contribution in [0.25, 0.3) is 0 Å². The molecule has 2 aromatic rings. The molecule has 7 heteroatoms. The zero-order chi connectivity index (χ0) is 20.8. The molecule has 6 nitrogen and oxygen atoms in total. The van der Waals surface area contributed by atoms with Gasteiger partial charge in [0, 0.05) is 31.4 Å². The molecule has 1 fully saturated rings. The number of hydrogen-bond acceptors (Lipinski definition) is 5. The van der Waals surface area contributed by atoms with Gasteiger partial charge in [0.05, 0.1) is 19.3 Å². The number of anilines is 1. The molecule has 1 amide bonds. The predicted octanol–water partition coefficient (Wildman–Crippen LogP) is 2.91. The van der Waals surface area contributed by atoms with E-state index in [0.29, 0.717) is 45.0 Å². The standard InChI is InChI=1S/C22H28FN3O3/c1-16-15-25(18-5-7-19(28-2)8-6-18)11-12-26(16)22(27)20-14-17(23)4-9-21(20)29-13-3-10-24/h4-9,14,16H,3,10-13,15,24H2,1-2H3. The molecule has 1 unspecified atom stereocenters. The van der Waals surface area contributed by atoms with Crippen LogP contribution in [0.1, 0.15) is 23.7 Å². The summed E-state index contributed by atoms with van der Waals surface area (Å²) in [5.41, 5.74) is 6.84. The molecule has 1 atom stereocenters. The Hall–Kier alpha value is -2.80. The van der Waals surface area contributed by atoms with E-state index in [1.165, 1.54) is 18.2 Å². The highest BCUT2D eigenvalue weighted by molar-refractivity contribution is 5.97. The number of nitrogens with zero attached hydrogens (tertiary/aromatic N) is 2. The molecule has 0 aliphatic carbocycles. The summed E-state index contributed by atoms with van der Waals surface area (Å²) in [5, 5.41) is 0. The zero-order valence-corrected chi connectivity index (χ0v) is 16.9. The largest absolute Gasteiger partial charge is 0.497 e. The Morgan fingerprint density at radius 1 is 1.21 bits per heavy atom. The Labute approximate surface area is 171 Å². The van der Waals surface area contributed by atoms with Crippen molar-refractivity contribution in [1.82, 2.24) is 4.90 Å². The number of amides is 1. The maximum Gasteiger partial charge on any atom is 0.258 e. The summed E-state index contributed by atoms with van der Waals surface area (Å²) in [6.07, 6.45) is 0.669. The summed E-state index contributed by atoms with van der Waals surface area (Å²) in [6, 6.07) is 11.9. The second kappa shape index (κ2) is 9.60. The van der Waals surface area contributed by atoms with Crippen molar-refractivity contribution in [1.29, 1.82) is 0 Å². The van der Waals surface area contributed by atoms with Gasteiger partial charge in [-0.15, -0.1) is 0 Å². The van der Waals surface area contributed by atoms with E-state index in [4.69, 9.17) is 15.2 Å². The first-order valence-electron chi connectivity index (χ1n) is 9.86. The van der Waals surface area contributed by atoms with Gasteiger partial charge in [0.25, 0.3) is 5.91 Å². The van der Waals surface area contributed by atoms with E-state index in [1.54, 1.807) is 12.0 Å². The molecule has 2 aromatic carbocycles. The fourth-order valence-corrected chi connectivity index (χ4v) is 3.50. The summed E-state index contributed by atoms with van der Waals surface area (Å²) in [5.74, 6) is 0.539. The van der Waals surface area contributed by atoms with E-state index in [2.05, 4.69) is 4.90 Å². The zero-order valence-electron chi connectivity index (χ0n) is 16.9. The molecular weight excluding hydrogens is 373 g/mol. The van der Waals surface area contributed by atoms with Crippen molar-refractivity contribution in [3.8, 4) is 11.5 Å². The minimum Gasteiger partial charge on any atom is -0.497 e. The van der Waals surface area contributed by atoms with Crippen molar-refractivity contribution < 1.29 is 18.7 Å². The van der Waals surface area contributed by atoms with Crippen LogP contribution in [0.5, 0.6) is 11.5 Å². The fourth-order valence-electron chi connectivity index (χ4n) is 3.50. The molecule has 0 radical (unpaired) electrons. The van der Waals surface area contributed by atoms with Crippen LogP contribution in [0.4, 0.5) is 10.1 Å². The van der Waals surface area contributed by atoms with E-state index in [1.807, 2.05) is 31.2 Å². The number of benzene rings is 2. The van der Waals surface area contributed by atoms with Crippen molar-refractivity contribution in [2.45, 2.75) is 19.4 Å². The first-order valence-corrected chi connectivity index (χ1v) is 9.86. The third kappa shape index (κ3) is 4.98. The SMILES string of the molecule is COc1ccc(N2CCN(C(=O)c3cc(F)ccc3OCCCN)C(C)C2)cc1. The number of methoxy groups -OCH3 is 1. The van der Waals surface area contributed by atoms with Crippen molar-refractivity contribution in [2.75, 3.05) is 44.8 Å². The van der Waals surface area contributed by atoms with Crippen LogP contribution in [0, 0.1) is 5.82 Å². The highest BCUT2D eigenvalue weighted by atomic mass is 19.1. The van der Waals surface area contributed by atoms with Gasteiger partial charge in [-0.2, -0.15) is 0 Å². The number of carbonyl (C=O) groups excluding carboxylic acids is 1. The number of halogens is 1. The molecule has 0 bridgehead atoms. The van der Waals surface area contributed by atoms with E-state index in [-0.39, 0.29) is 17.5 Å². The second-order valence-electron chi connectivity index (χ2n) is 7.12. The Kier molecular flexibility index (Phi) is 6.93. The van der Waals surface area contributed by atoms with Gasteiger partial charge in [0.1, 0.15) is 17.3 Å². The number of rotatable bonds is 7. The average Bonchev–Trinajstić information content (AvgIpc) is 2.74. The molecule has 0 saturated carbocycles. The highest BCUT2D eigenvalue weighted by Crippen LogP contribution is 2.26. The first kappa shape index (κ1) is 20.9. The summed E-state index contributed by atoms with van der Waals surface area (Å²) in [4.78, 5) is 17.2. The van der Waals surface area contributed by atoms with Gasteiger partial charge in [-0.1, -0.05) is 0 Å². The number of hydrogen-bond donors (Lipinski definition) is 1. The molecule has 1 aliphatic rings. The van der Waals surface area contributed by atoms with Gasteiger partial charge in [0.2, 0.25) is 0 Å². The van der Waals surface area contributed by atoms with Crippen molar-refractivity contribution in [2.24, 2.45) is 5.73 Å². The van der Waals surface area contributed by atoms with Crippen LogP contribution in [0.2, 0.25) is 0 Å². The molecule has 2 N–H and O–H groups in total. The Morgan fingerprint density at radius 3 is 2.62 bits per heavy atom. The van der Waals surface area contributed by atoms with E-state index in [0.717, 1.165) is 11.4 Å². The van der Waals surface area contributed by atoms with Crippen LogP contribution in [0.3, 0.4) is 0 Å². The smallest absolute Gasteiger partial charge is 0.258 e. The van der Waals surface area contributed by atoms with Gasteiger partial charge in [-0.05, 0) is 62.4 Å². The summed E-state index contributed by atoms with van der Waals surface area (Å²) in [6.45, 7) is 4.82. The lowest BCUT2D eigenvalue weighted by Gasteiger charge is -2.41. The van der Waals surface area contributed by atoms with Gasteiger partial charge >= 0.3 is 0 Å². The maximum atomic E-state index is 13.8. The first-order chi connectivity index (χ1) is 14.0. The lowest BCUT2D eigenvalue weighted by molar-refractivity contribution is 0.0669. The monoisotopic (exact) mass is 401 g/mol. The van der Waals surface area contributed by atoms with Gasteiger partial charge < -0.3 is 25.0 Å². The summed E-state index contributed by atoms with van der Waals surface area (Å²) in [7, 11) is 1.64. The van der Waals surface area contributed by atoms with E-state index in [9.17, 15) is 9.18 Å². The van der Waals surface area contributed by atoms with Crippen LogP contribution in [-0.4, -0.2) is 56.7 Å². The molecule has 1 aliphatic heterocycles.